The smallest absolute Gasteiger partial charge is 0.163 e. The number of piperidine rings is 1. The van der Waals surface area contributed by atoms with Crippen molar-refractivity contribution in [2.75, 3.05) is 13.1 Å². The number of ketones is 1. The number of benzene rings is 1. The lowest BCUT2D eigenvalue weighted by atomic mass is 9.90. The van der Waals surface area contributed by atoms with Gasteiger partial charge in [-0.15, -0.1) is 0 Å². The van der Waals surface area contributed by atoms with Crippen LogP contribution in [0.25, 0.3) is 5.69 Å². The molecule has 1 aliphatic rings. The Balaban J connectivity index is 1.68. The van der Waals surface area contributed by atoms with Crippen LogP contribution in [0.3, 0.4) is 0 Å². The fraction of sp³-hybridized carbons (Fsp3) is 0.474. The maximum Gasteiger partial charge on any atom is 0.163 e. The predicted octanol–water partition coefficient (Wildman–Crippen LogP) is 3.57. The van der Waals surface area contributed by atoms with E-state index in [0.29, 0.717) is 18.4 Å². The Hall–Kier alpha value is -1.94. The summed E-state index contributed by atoms with van der Waals surface area (Å²) >= 11 is 0. The molecule has 1 atom stereocenters. The van der Waals surface area contributed by atoms with Crippen molar-refractivity contribution in [3.05, 3.63) is 48.3 Å². The first-order valence-corrected chi connectivity index (χ1v) is 8.51. The summed E-state index contributed by atoms with van der Waals surface area (Å²) in [5.41, 5.74) is 1.73. The van der Waals surface area contributed by atoms with Gasteiger partial charge in [0.15, 0.2) is 5.78 Å². The Bertz CT molecular complexity index is 648. The molecule has 1 aromatic heterocycles. The van der Waals surface area contributed by atoms with Gasteiger partial charge in [0.2, 0.25) is 0 Å². The highest BCUT2D eigenvalue weighted by Crippen LogP contribution is 2.23. The van der Waals surface area contributed by atoms with E-state index in [4.69, 9.17) is 0 Å². The molecule has 0 unspecified atom stereocenters. The Kier molecular flexibility index (Phi) is 4.91. The summed E-state index contributed by atoms with van der Waals surface area (Å²) in [4.78, 5) is 15.2. The van der Waals surface area contributed by atoms with Crippen LogP contribution in [0.4, 0.5) is 0 Å². The molecule has 4 nitrogen and oxygen atoms in total. The standard InChI is InChI=1S/C19H25N3O/c1-15(2)21-10-4-6-16(14-21)12-19(23)17-7-3-8-18(13-17)22-11-5-9-20-22/h3,5,7-9,11,13,15-16H,4,6,10,12,14H2,1-2H3/t16-/m0/s1. The summed E-state index contributed by atoms with van der Waals surface area (Å²) in [5, 5.41) is 4.23. The molecular weight excluding hydrogens is 286 g/mol. The fourth-order valence-electron chi connectivity index (χ4n) is 3.36. The van der Waals surface area contributed by atoms with Crippen LogP contribution in [0.5, 0.6) is 0 Å². The Labute approximate surface area is 138 Å². The van der Waals surface area contributed by atoms with E-state index < -0.39 is 0 Å². The van der Waals surface area contributed by atoms with Crippen molar-refractivity contribution in [3.63, 3.8) is 0 Å². The number of hydrogen-bond acceptors (Lipinski definition) is 3. The average molecular weight is 311 g/mol. The van der Waals surface area contributed by atoms with Crippen LogP contribution >= 0.6 is 0 Å². The van der Waals surface area contributed by atoms with Crippen LogP contribution < -0.4 is 0 Å². The normalized spacial score (nSPS) is 19.2. The summed E-state index contributed by atoms with van der Waals surface area (Å²) in [6.07, 6.45) is 6.64. The lowest BCUT2D eigenvalue weighted by Crippen LogP contribution is -2.40. The van der Waals surface area contributed by atoms with E-state index in [-0.39, 0.29) is 5.78 Å². The molecule has 2 aromatic rings. The molecule has 0 saturated carbocycles. The highest BCUT2D eigenvalue weighted by Gasteiger charge is 2.24. The zero-order chi connectivity index (χ0) is 16.2. The minimum atomic E-state index is 0.245. The van der Waals surface area contributed by atoms with E-state index in [1.165, 1.54) is 6.42 Å². The first kappa shape index (κ1) is 15.9. The summed E-state index contributed by atoms with van der Waals surface area (Å²) in [6.45, 7) is 6.68. The van der Waals surface area contributed by atoms with Crippen molar-refractivity contribution in [2.24, 2.45) is 5.92 Å². The van der Waals surface area contributed by atoms with Gasteiger partial charge >= 0.3 is 0 Å². The number of likely N-dealkylation sites (tertiary alicyclic amines) is 1. The van der Waals surface area contributed by atoms with Gasteiger partial charge in [0, 0.05) is 37.0 Å². The Morgan fingerprint density at radius 3 is 2.96 bits per heavy atom. The summed E-state index contributed by atoms with van der Waals surface area (Å²) in [5.74, 6) is 0.724. The maximum atomic E-state index is 12.7. The van der Waals surface area contributed by atoms with Crippen molar-refractivity contribution in [3.8, 4) is 5.69 Å². The second-order valence-corrected chi connectivity index (χ2v) is 6.73. The molecule has 0 spiro atoms. The first-order chi connectivity index (χ1) is 11.1. The number of hydrogen-bond donors (Lipinski definition) is 0. The van der Waals surface area contributed by atoms with E-state index in [9.17, 15) is 4.79 Å². The molecule has 1 fully saturated rings. The van der Waals surface area contributed by atoms with Crippen molar-refractivity contribution in [1.82, 2.24) is 14.7 Å². The van der Waals surface area contributed by atoms with Crippen molar-refractivity contribution >= 4 is 5.78 Å². The second-order valence-electron chi connectivity index (χ2n) is 6.73. The van der Waals surface area contributed by atoms with Crippen LogP contribution in [0, 0.1) is 5.92 Å². The zero-order valence-electron chi connectivity index (χ0n) is 14.0. The average Bonchev–Trinajstić information content (AvgIpc) is 3.10. The van der Waals surface area contributed by atoms with Gasteiger partial charge in [-0.2, -0.15) is 5.10 Å². The molecule has 0 N–H and O–H groups in total. The van der Waals surface area contributed by atoms with Crippen LogP contribution in [-0.4, -0.2) is 39.6 Å². The SMILES string of the molecule is CC(C)N1CCC[C@@H](CC(=O)c2cccc(-n3cccn3)c2)C1. The van der Waals surface area contributed by atoms with E-state index >= 15 is 0 Å². The Morgan fingerprint density at radius 1 is 1.35 bits per heavy atom. The van der Waals surface area contributed by atoms with Crippen molar-refractivity contribution < 1.29 is 4.79 Å². The second kappa shape index (κ2) is 7.09. The highest BCUT2D eigenvalue weighted by atomic mass is 16.1. The van der Waals surface area contributed by atoms with Gasteiger partial charge in [0.1, 0.15) is 0 Å². The van der Waals surface area contributed by atoms with E-state index in [0.717, 1.165) is 30.8 Å². The van der Waals surface area contributed by atoms with E-state index in [1.54, 1.807) is 10.9 Å². The molecule has 3 rings (SSSR count). The monoisotopic (exact) mass is 311 g/mol. The lowest BCUT2D eigenvalue weighted by Gasteiger charge is -2.35. The molecule has 2 heterocycles. The summed E-state index contributed by atoms with van der Waals surface area (Å²) in [6, 6.07) is 10.2. The minimum Gasteiger partial charge on any atom is -0.301 e. The molecule has 0 bridgehead atoms. The van der Waals surface area contributed by atoms with Gasteiger partial charge in [-0.05, 0) is 57.4 Å². The molecule has 0 aliphatic carbocycles. The van der Waals surface area contributed by atoms with Gasteiger partial charge in [-0.3, -0.25) is 4.79 Å². The number of rotatable bonds is 5. The molecular formula is C19H25N3O. The quantitative estimate of drug-likeness (QED) is 0.792. The van der Waals surface area contributed by atoms with Gasteiger partial charge in [0.05, 0.1) is 5.69 Å². The summed E-state index contributed by atoms with van der Waals surface area (Å²) in [7, 11) is 0. The number of aromatic nitrogens is 2. The maximum absolute atomic E-state index is 12.7. The third-order valence-corrected chi connectivity index (χ3v) is 4.69. The van der Waals surface area contributed by atoms with Crippen molar-refractivity contribution in [1.29, 1.82) is 0 Å². The summed E-state index contributed by atoms with van der Waals surface area (Å²) < 4.78 is 1.79. The highest BCUT2D eigenvalue weighted by molar-refractivity contribution is 5.96. The van der Waals surface area contributed by atoms with Gasteiger partial charge in [-0.1, -0.05) is 12.1 Å². The molecule has 4 heteroatoms. The topological polar surface area (TPSA) is 38.1 Å². The minimum absolute atomic E-state index is 0.245. The van der Waals surface area contributed by atoms with Gasteiger partial charge in [0.25, 0.3) is 0 Å². The Morgan fingerprint density at radius 2 is 2.22 bits per heavy atom. The number of Topliss-reactive ketones (excluding diaryl/α,β-unsaturated/α-hetero) is 1. The zero-order valence-corrected chi connectivity index (χ0v) is 14.0. The van der Waals surface area contributed by atoms with Gasteiger partial charge in [-0.25, -0.2) is 4.68 Å². The largest absolute Gasteiger partial charge is 0.301 e. The molecule has 0 amide bonds. The lowest BCUT2D eigenvalue weighted by molar-refractivity contribution is 0.0890. The molecule has 0 radical (unpaired) electrons. The molecule has 122 valence electrons. The predicted molar refractivity (Wildman–Crippen MR) is 91.9 cm³/mol. The van der Waals surface area contributed by atoms with Crippen LogP contribution in [0.15, 0.2) is 42.7 Å². The van der Waals surface area contributed by atoms with Crippen molar-refractivity contribution in [2.45, 2.75) is 39.2 Å². The van der Waals surface area contributed by atoms with Crippen LogP contribution in [0.1, 0.15) is 43.5 Å². The first-order valence-electron chi connectivity index (χ1n) is 8.51. The molecule has 1 aromatic carbocycles. The van der Waals surface area contributed by atoms with E-state index in [1.807, 2.05) is 36.5 Å². The number of carbonyl (C=O) groups excluding carboxylic acids is 1. The van der Waals surface area contributed by atoms with Crippen LogP contribution in [-0.2, 0) is 0 Å². The van der Waals surface area contributed by atoms with E-state index in [2.05, 4.69) is 23.8 Å². The third-order valence-electron chi connectivity index (χ3n) is 4.69. The van der Waals surface area contributed by atoms with Crippen LogP contribution in [0.2, 0.25) is 0 Å². The molecule has 1 saturated heterocycles. The number of carbonyl (C=O) groups is 1. The fourth-order valence-corrected chi connectivity index (χ4v) is 3.36. The molecule has 1 aliphatic heterocycles. The molecule has 23 heavy (non-hydrogen) atoms. The van der Waals surface area contributed by atoms with Gasteiger partial charge < -0.3 is 4.90 Å². The third kappa shape index (κ3) is 3.88. The number of nitrogens with zero attached hydrogens (tertiary/aromatic N) is 3.